The quantitative estimate of drug-likeness (QED) is 0.309. The van der Waals surface area contributed by atoms with Crippen LogP contribution in [0.2, 0.25) is 0 Å². The van der Waals surface area contributed by atoms with Gasteiger partial charge >= 0.3 is 12.4 Å². The Bertz CT molecular complexity index is 157. The summed E-state index contributed by atoms with van der Waals surface area (Å²) in [6, 6.07) is 0. The number of hydrogen-bond acceptors (Lipinski definition) is 6. The maximum absolute atomic E-state index is 10.8. The lowest BCUT2D eigenvalue weighted by Gasteiger charge is -2.08. The van der Waals surface area contributed by atoms with Gasteiger partial charge in [-0.25, -0.2) is 9.59 Å². The molecule has 6 nitrogen and oxygen atoms in total. The molecule has 1 atom stereocenters. The van der Waals surface area contributed by atoms with Crippen molar-refractivity contribution in [3.8, 4) is 0 Å². The van der Waals surface area contributed by atoms with Gasteiger partial charge in [0.25, 0.3) is 0 Å². The summed E-state index contributed by atoms with van der Waals surface area (Å²) in [6.45, 7) is 2.29. The Morgan fingerprint density at radius 1 is 1.46 bits per heavy atom. The highest BCUT2D eigenvalue weighted by Crippen LogP contribution is 1.92. The molecule has 0 N–H and O–H groups in total. The van der Waals surface area contributed by atoms with Crippen LogP contribution in [0.3, 0.4) is 0 Å². The van der Waals surface area contributed by atoms with Crippen molar-refractivity contribution in [2.45, 2.75) is 13.0 Å². The minimum absolute atomic E-state index is 0.0301. The fourth-order valence-electron chi connectivity index (χ4n) is 0.455. The lowest BCUT2D eigenvalue weighted by Crippen LogP contribution is -2.24. The Balaban J connectivity index is 3.44. The first kappa shape index (κ1) is 11.9. The van der Waals surface area contributed by atoms with Gasteiger partial charge in [0.2, 0.25) is 0 Å². The summed E-state index contributed by atoms with van der Waals surface area (Å²) < 4.78 is 17.9. The largest absolute Gasteiger partial charge is 0.442 e. The van der Waals surface area contributed by atoms with Gasteiger partial charge in [0, 0.05) is 7.11 Å². The van der Waals surface area contributed by atoms with Crippen molar-refractivity contribution in [2.75, 3.05) is 20.7 Å². The molecular weight excluding hydrogens is 180 g/mol. The first-order valence-electron chi connectivity index (χ1n) is 3.48. The number of methoxy groups -OCH3 is 1. The summed E-state index contributed by atoms with van der Waals surface area (Å²) in [6.07, 6.45) is -0.969. The summed E-state index contributed by atoms with van der Waals surface area (Å²) in [5, 5.41) is 0. The number of esters is 1. The third-order valence-electron chi connectivity index (χ3n) is 1.04. The Kier molecular flexibility index (Phi) is 6.85. The molecule has 0 saturated carbocycles. The Hall–Kier alpha value is -1.14. The zero-order valence-corrected chi connectivity index (χ0v) is 7.44. The van der Waals surface area contributed by atoms with Crippen molar-refractivity contribution >= 4 is 12.4 Å². The maximum atomic E-state index is 10.8. The molecule has 0 amide bonds. The van der Waals surface area contributed by atoms with Gasteiger partial charge in [-0.1, -0.05) is 0 Å². The Morgan fingerprint density at radius 3 is 2.69 bits per heavy atom. The monoisotopic (exact) mass is 191 g/mol. The van der Waals surface area contributed by atoms with E-state index in [1.807, 2.05) is 0 Å². The van der Waals surface area contributed by atoms with Crippen LogP contribution in [0.5, 0.6) is 0 Å². The number of hydrogen-bond donors (Lipinski definition) is 0. The van der Waals surface area contributed by atoms with Crippen LogP contribution >= 0.6 is 0 Å². The second-order valence-electron chi connectivity index (χ2n) is 2.04. The van der Waals surface area contributed by atoms with Gasteiger partial charge in [-0.2, -0.15) is 0 Å². The van der Waals surface area contributed by atoms with Crippen LogP contribution in [0.25, 0.3) is 0 Å². The molecule has 0 aromatic rings. The lowest BCUT2D eigenvalue weighted by molar-refractivity contribution is -0.173. The SMILES string of the molecule is COCOCOC(=O)C(C)O[C]=O. The van der Waals surface area contributed by atoms with Gasteiger partial charge in [-0.05, 0) is 6.92 Å². The molecule has 0 aliphatic heterocycles. The molecule has 0 fully saturated rings. The molecule has 0 aliphatic carbocycles. The van der Waals surface area contributed by atoms with Crippen LogP contribution in [-0.2, 0) is 28.5 Å². The predicted molar refractivity (Wildman–Crippen MR) is 40.2 cm³/mol. The Morgan fingerprint density at radius 2 is 2.15 bits per heavy atom. The summed E-state index contributed by atoms with van der Waals surface area (Å²) in [5.74, 6) is -0.695. The second-order valence-corrected chi connectivity index (χ2v) is 2.04. The molecular formula is C7H11O6. The second kappa shape index (κ2) is 7.51. The van der Waals surface area contributed by atoms with E-state index in [9.17, 15) is 9.59 Å². The van der Waals surface area contributed by atoms with Crippen LogP contribution in [0, 0.1) is 0 Å². The van der Waals surface area contributed by atoms with E-state index in [0.717, 1.165) is 6.47 Å². The van der Waals surface area contributed by atoms with E-state index in [4.69, 9.17) is 0 Å². The van der Waals surface area contributed by atoms with E-state index >= 15 is 0 Å². The van der Waals surface area contributed by atoms with E-state index in [1.54, 1.807) is 0 Å². The van der Waals surface area contributed by atoms with Crippen molar-refractivity contribution < 1.29 is 28.5 Å². The molecule has 0 aromatic carbocycles. The van der Waals surface area contributed by atoms with Crippen LogP contribution in [-0.4, -0.2) is 39.2 Å². The fraction of sp³-hybridized carbons (Fsp3) is 0.714. The first-order chi connectivity index (χ1) is 6.22. The van der Waals surface area contributed by atoms with Gasteiger partial charge in [-0.3, -0.25) is 0 Å². The van der Waals surface area contributed by atoms with E-state index < -0.39 is 12.1 Å². The highest BCUT2D eigenvalue weighted by atomic mass is 16.7. The Labute approximate surface area is 75.7 Å². The van der Waals surface area contributed by atoms with Crippen molar-refractivity contribution in [2.24, 2.45) is 0 Å². The molecule has 0 aliphatic rings. The summed E-state index contributed by atoms with van der Waals surface area (Å²) >= 11 is 0. The highest BCUT2D eigenvalue weighted by Gasteiger charge is 2.15. The average Bonchev–Trinajstić information content (AvgIpc) is 2.12. The molecule has 6 heteroatoms. The smallest absolute Gasteiger partial charge is 0.418 e. The maximum Gasteiger partial charge on any atom is 0.418 e. The topological polar surface area (TPSA) is 71.1 Å². The normalized spacial score (nSPS) is 11.8. The molecule has 0 heterocycles. The van der Waals surface area contributed by atoms with E-state index in [2.05, 4.69) is 18.9 Å². The molecule has 0 spiro atoms. The van der Waals surface area contributed by atoms with Crippen molar-refractivity contribution in [3.63, 3.8) is 0 Å². The number of rotatable bonds is 7. The van der Waals surface area contributed by atoms with Crippen LogP contribution in [0.4, 0.5) is 0 Å². The number of ether oxygens (including phenoxy) is 4. The zero-order valence-electron chi connectivity index (χ0n) is 7.44. The van der Waals surface area contributed by atoms with Gasteiger partial charge in [0.15, 0.2) is 12.9 Å². The minimum atomic E-state index is -0.969. The van der Waals surface area contributed by atoms with Gasteiger partial charge in [0.05, 0.1) is 0 Å². The molecule has 0 saturated heterocycles. The van der Waals surface area contributed by atoms with Gasteiger partial charge < -0.3 is 18.9 Å². The van der Waals surface area contributed by atoms with E-state index in [-0.39, 0.29) is 13.6 Å². The molecule has 75 valence electrons. The summed E-state index contributed by atoms with van der Waals surface area (Å²) in [4.78, 5) is 20.5. The summed E-state index contributed by atoms with van der Waals surface area (Å²) in [7, 11) is 1.44. The minimum Gasteiger partial charge on any atom is -0.442 e. The zero-order chi connectivity index (χ0) is 10.1. The third kappa shape index (κ3) is 6.06. The molecule has 0 aromatic heterocycles. The molecule has 0 bridgehead atoms. The first-order valence-corrected chi connectivity index (χ1v) is 3.48. The third-order valence-corrected chi connectivity index (χ3v) is 1.04. The number of carbonyl (C=O) groups is 1. The standard InChI is InChI=1S/C7H11O6/c1-6(12-3-8)7(9)13-5-11-4-10-2/h6H,4-5H2,1-2H3. The average molecular weight is 191 g/mol. The van der Waals surface area contributed by atoms with Crippen LogP contribution in [0.1, 0.15) is 6.92 Å². The van der Waals surface area contributed by atoms with E-state index in [0.29, 0.717) is 0 Å². The van der Waals surface area contributed by atoms with Gasteiger partial charge in [0.1, 0.15) is 6.79 Å². The van der Waals surface area contributed by atoms with Gasteiger partial charge in [-0.15, -0.1) is 0 Å². The van der Waals surface area contributed by atoms with Crippen LogP contribution < -0.4 is 0 Å². The molecule has 0 rings (SSSR count). The molecule has 13 heavy (non-hydrogen) atoms. The highest BCUT2D eigenvalue weighted by molar-refractivity contribution is 5.75. The predicted octanol–water partition coefficient (Wildman–Crippen LogP) is -0.420. The molecule has 1 unspecified atom stereocenters. The van der Waals surface area contributed by atoms with Crippen molar-refractivity contribution in [3.05, 3.63) is 0 Å². The van der Waals surface area contributed by atoms with E-state index in [1.165, 1.54) is 14.0 Å². The van der Waals surface area contributed by atoms with Crippen LogP contribution in [0.15, 0.2) is 0 Å². The summed E-state index contributed by atoms with van der Waals surface area (Å²) in [5.41, 5.74) is 0. The van der Waals surface area contributed by atoms with Crippen molar-refractivity contribution in [1.29, 1.82) is 0 Å². The molecule has 1 radical (unpaired) electrons. The van der Waals surface area contributed by atoms with Crippen molar-refractivity contribution in [1.82, 2.24) is 0 Å². The lowest BCUT2D eigenvalue weighted by atomic mass is 10.4. The number of carbonyl (C=O) groups excluding carboxylic acids is 2. The fourth-order valence-corrected chi connectivity index (χ4v) is 0.455.